The zero-order valence-corrected chi connectivity index (χ0v) is 13.8. The van der Waals surface area contributed by atoms with E-state index in [4.69, 9.17) is 0 Å². The van der Waals surface area contributed by atoms with Crippen molar-refractivity contribution in [3.05, 3.63) is 71.2 Å². The van der Waals surface area contributed by atoms with Crippen LogP contribution >= 0.6 is 0 Å². The number of benzene rings is 2. The third-order valence-electron chi connectivity index (χ3n) is 3.95. The molecule has 0 saturated heterocycles. The molecule has 7 heteroatoms. The molecule has 0 saturated carbocycles. The molecular formula is C19H15F3N2O2. The summed E-state index contributed by atoms with van der Waals surface area (Å²) in [6.45, 7) is 1.88. The van der Waals surface area contributed by atoms with Crippen molar-refractivity contribution in [2.75, 3.05) is 0 Å². The average Bonchev–Trinajstić information content (AvgIpc) is 2.98. The predicted octanol–water partition coefficient (Wildman–Crippen LogP) is 4.61. The number of aromatic nitrogens is 2. The van der Waals surface area contributed by atoms with Gasteiger partial charge in [-0.05, 0) is 48.9 Å². The molecule has 0 aliphatic heterocycles. The van der Waals surface area contributed by atoms with Crippen LogP contribution in [0.25, 0.3) is 16.9 Å². The fourth-order valence-electron chi connectivity index (χ4n) is 2.79. The van der Waals surface area contributed by atoms with Gasteiger partial charge in [-0.1, -0.05) is 13.3 Å². The molecule has 4 nitrogen and oxygen atoms in total. The first-order valence-corrected chi connectivity index (χ1v) is 7.99. The van der Waals surface area contributed by atoms with Crippen LogP contribution in [0, 0.1) is 17.5 Å². The molecule has 0 bridgehead atoms. The lowest BCUT2D eigenvalue weighted by Crippen LogP contribution is -2.06. The van der Waals surface area contributed by atoms with Crippen molar-refractivity contribution < 1.29 is 23.1 Å². The van der Waals surface area contributed by atoms with Gasteiger partial charge in [0.05, 0.1) is 11.4 Å². The summed E-state index contributed by atoms with van der Waals surface area (Å²) in [7, 11) is 0. The van der Waals surface area contributed by atoms with E-state index in [2.05, 4.69) is 5.10 Å². The number of aromatic carboxylic acids is 1. The first-order valence-electron chi connectivity index (χ1n) is 7.99. The third kappa shape index (κ3) is 3.20. The fraction of sp³-hybridized carbons (Fsp3) is 0.158. The fourth-order valence-corrected chi connectivity index (χ4v) is 2.79. The van der Waals surface area contributed by atoms with E-state index in [0.717, 1.165) is 12.1 Å². The zero-order chi connectivity index (χ0) is 18.8. The quantitative estimate of drug-likeness (QED) is 0.723. The highest BCUT2D eigenvalue weighted by molar-refractivity contribution is 5.96. The number of hydrogen-bond donors (Lipinski definition) is 1. The summed E-state index contributed by atoms with van der Waals surface area (Å²) in [4.78, 5) is 11.9. The van der Waals surface area contributed by atoms with Gasteiger partial charge >= 0.3 is 5.97 Å². The van der Waals surface area contributed by atoms with Gasteiger partial charge in [-0.15, -0.1) is 0 Å². The zero-order valence-electron chi connectivity index (χ0n) is 13.8. The molecule has 0 spiro atoms. The molecule has 1 heterocycles. The van der Waals surface area contributed by atoms with Crippen LogP contribution in [0.4, 0.5) is 13.2 Å². The first-order chi connectivity index (χ1) is 12.4. The molecule has 0 radical (unpaired) electrons. The summed E-state index contributed by atoms with van der Waals surface area (Å²) in [6, 6.07) is 8.54. The van der Waals surface area contributed by atoms with Gasteiger partial charge in [0.1, 0.15) is 17.1 Å². The summed E-state index contributed by atoms with van der Waals surface area (Å²) in [5, 5.41) is 14.0. The largest absolute Gasteiger partial charge is 0.478 e. The third-order valence-corrected chi connectivity index (χ3v) is 3.95. The van der Waals surface area contributed by atoms with Crippen molar-refractivity contribution in [3.63, 3.8) is 0 Å². The molecule has 0 unspecified atom stereocenters. The van der Waals surface area contributed by atoms with Gasteiger partial charge in [0.2, 0.25) is 0 Å². The smallest absolute Gasteiger partial charge is 0.339 e. The minimum absolute atomic E-state index is 0.0316. The van der Waals surface area contributed by atoms with Gasteiger partial charge in [-0.3, -0.25) is 0 Å². The Labute approximate surface area is 147 Å². The topological polar surface area (TPSA) is 55.1 Å². The molecule has 3 aromatic rings. The second-order valence-corrected chi connectivity index (χ2v) is 5.74. The monoisotopic (exact) mass is 360 g/mol. The van der Waals surface area contributed by atoms with Crippen molar-refractivity contribution in [2.24, 2.45) is 0 Å². The van der Waals surface area contributed by atoms with Crippen molar-refractivity contribution >= 4 is 5.97 Å². The van der Waals surface area contributed by atoms with Gasteiger partial charge in [-0.2, -0.15) is 5.10 Å². The van der Waals surface area contributed by atoms with Crippen LogP contribution < -0.4 is 0 Å². The van der Waals surface area contributed by atoms with E-state index in [1.807, 2.05) is 6.92 Å². The summed E-state index contributed by atoms with van der Waals surface area (Å²) in [5.41, 5.74) is 0.989. The molecule has 0 fully saturated rings. The number of rotatable bonds is 5. The number of hydrogen-bond acceptors (Lipinski definition) is 2. The second-order valence-electron chi connectivity index (χ2n) is 5.74. The van der Waals surface area contributed by atoms with Crippen LogP contribution in [0.1, 0.15) is 29.4 Å². The molecule has 0 amide bonds. The van der Waals surface area contributed by atoms with Crippen molar-refractivity contribution in [2.45, 2.75) is 19.8 Å². The van der Waals surface area contributed by atoms with Gasteiger partial charge in [0, 0.05) is 5.56 Å². The molecule has 1 aromatic heterocycles. The van der Waals surface area contributed by atoms with Gasteiger partial charge in [0.15, 0.2) is 11.6 Å². The normalized spacial score (nSPS) is 10.9. The van der Waals surface area contributed by atoms with Crippen LogP contribution in [0.15, 0.2) is 42.5 Å². The summed E-state index contributed by atoms with van der Waals surface area (Å²) in [6.07, 6.45) is 1.04. The van der Waals surface area contributed by atoms with E-state index in [9.17, 15) is 23.1 Å². The minimum atomic E-state index is -1.22. The number of carboxylic acid groups (broad SMARTS) is 1. The highest BCUT2D eigenvalue weighted by atomic mass is 19.2. The number of nitrogens with zero attached hydrogens (tertiary/aromatic N) is 2. The molecule has 2 aromatic carbocycles. The highest BCUT2D eigenvalue weighted by Crippen LogP contribution is 2.29. The van der Waals surface area contributed by atoms with Gasteiger partial charge < -0.3 is 5.11 Å². The Bertz CT molecular complexity index is 966. The average molecular weight is 360 g/mol. The maximum Gasteiger partial charge on any atom is 0.339 e. The predicted molar refractivity (Wildman–Crippen MR) is 89.8 cm³/mol. The number of carbonyl (C=O) groups is 1. The molecule has 0 atom stereocenters. The Balaban J connectivity index is 2.27. The van der Waals surface area contributed by atoms with Crippen molar-refractivity contribution in [3.8, 4) is 16.9 Å². The highest BCUT2D eigenvalue weighted by Gasteiger charge is 2.25. The molecule has 134 valence electrons. The van der Waals surface area contributed by atoms with Crippen molar-refractivity contribution in [1.82, 2.24) is 9.78 Å². The molecule has 0 aliphatic rings. The Morgan fingerprint density at radius 1 is 1.08 bits per heavy atom. The van der Waals surface area contributed by atoms with E-state index in [0.29, 0.717) is 24.2 Å². The molecule has 0 aliphatic carbocycles. The van der Waals surface area contributed by atoms with Crippen LogP contribution in [0.3, 0.4) is 0 Å². The molecule has 1 N–H and O–H groups in total. The van der Waals surface area contributed by atoms with E-state index in [1.54, 1.807) is 0 Å². The lowest BCUT2D eigenvalue weighted by Gasteiger charge is -2.07. The maximum atomic E-state index is 13.6. The SMILES string of the molecule is CCCc1c(C(=O)O)c(-c2ccc(F)c(F)c2)nn1-c1ccc(F)cc1. The van der Waals surface area contributed by atoms with Crippen LogP contribution in [-0.4, -0.2) is 20.9 Å². The Morgan fingerprint density at radius 2 is 1.77 bits per heavy atom. The minimum Gasteiger partial charge on any atom is -0.478 e. The van der Waals surface area contributed by atoms with Crippen molar-refractivity contribution in [1.29, 1.82) is 0 Å². The van der Waals surface area contributed by atoms with E-state index in [-0.39, 0.29) is 16.8 Å². The van der Waals surface area contributed by atoms with Crippen LogP contribution in [-0.2, 0) is 6.42 Å². The van der Waals surface area contributed by atoms with E-state index >= 15 is 0 Å². The molecule has 3 rings (SSSR count). The Morgan fingerprint density at radius 3 is 2.35 bits per heavy atom. The Kier molecular flexibility index (Phi) is 4.79. The van der Waals surface area contributed by atoms with Gasteiger partial charge in [-0.25, -0.2) is 22.6 Å². The molecule has 26 heavy (non-hydrogen) atoms. The van der Waals surface area contributed by atoms with Crippen LogP contribution in [0.5, 0.6) is 0 Å². The lowest BCUT2D eigenvalue weighted by atomic mass is 10.0. The maximum absolute atomic E-state index is 13.6. The molecular weight excluding hydrogens is 345 g/mol. The first kappa shape index (κ1) is 17.7. The number of halogens is 3. The van der Waals surface area contributed by atoms with Gasteiger partial charge in [0.25, 0.3) is 0 Å². The standard InChI is InChI=1S/C19H15F3N2O2/c1-2-3-16-17(19(25)26)18(11-4-9-14(21)15(22)10-11)23-24(16)13-7-5-12(20)6-8-13/h4-10H,2-3H2,1H3,(H,25,26). The summed E-state index contributed by atoms with van der Waals surface area (Å²) >= 11 is 0. The summed E-state index contributed by atoms with van der Waals surface area (Å²) < 4.78 is 41.5. The summed E-state index contributed by atoms with van der Waals surface area (Å²) in [5.74, 6) is -3.77. The Hall–Kier alpha value is -3.09. The van der Waals surface area contributed by atoms with Crippen LogP contribution in [0.2, 0.25) is 0 Å². The second kappa shape index (κ2) is 7.03. The lowest BCUT2D eigenvalue weighted by molar-refractivity contribution is 0.0696. The van der Waals surface area contributed by atoms with E-state index in [1.165, 1.54) is 35.0 Å². The number of carboxylic acids is 1. The van der Waals surface area contributed by atoms with E-state index < -0.39 is 23.4 Å².